The molecule has 0 unspecified atom stereocenters. The van der Waals surface area contributed by atoms with E-state index >= 15 is 0 Å². The molecule has 0 saturated carbocycles. The van der Waals surface area contributed by atoms with Gasteiger partial charge in [-0.15, -0.1) is 0 Å². The molecule has 1 heterocycles. The van der Waals surface area contributed by atoms with E-state index in [1.54, 1.807) is 17.8 Å². The molecule has 3 rings (SSSR count). The highest BCUT2D eigenvalue weighted by molar-refractivity contribution is 6.03. The molecule has 24 heavy (non-hydrogen) atoms. The third kappa shape index (κ3) is 3.63. The third-order valence-corrected chi connectivity index (χ3v) is 3.57. The number of carbonyl (C=O) groups is 1. The fourth-order valence-electron chi connectivity index (χ4n) is 2.44. The number of hydrogen-bond donors (Lipinski definition) is 1. The minimum atomic E-state index is -0.189. The lowest BCUT2D eigenvalue weighted by Gasteiger charge is -2.08. The van der Waals surface area contributed by atoms with Crippen LogP contribution in [-0.4, -0.2) is 15.7 Å². The van der Waals surface area contributed by atoms with Crippen molar-refractivity contribution in [2.75, 3.05) is 5.32 Å². The van der Waals surface area contributed by atoms with Gasteiger partial charge in [-0.25, -0.2) is 0 Å². The van der Waals surface area contributed by atoms with Gasteiger partial charge in [0.2, 0.25) is 0 Å². The Hall–Kier alpha value is -3.08. The van der Waals surface area contributed by atoms with Crippen LogP contribution in [0.1, 0.15) is 21.7 Å². The number of ether oxygens (including phenoxy) is 1. The number of anilines is 1. The van der Waals surface area contributed by atoms with Crippen LogP contribution in [-0.2, 0) is 7.05 Å². The maximum Gasteiger partial charge on any atom is 0.273 e. The standard InChI is InChI=1S/C19H19N3O2/c1-13-5-4-6-17(11-13)24-16-9-7-15(8-10-16)20-19(23)18-12-14(2)21-22(18)3/h4-12H,1-3H3,(H,20,23). The van der Waals surface area contributed by atoms with Crippen molar-refractivity contribution in [2.45, 2.75) is 13.8 Å². The second kappa shape index (κ2) is 6.58. The molecular formula is C19H19N3O2. The molecule has 0 saturated heterocycles. The normalized spacial score (nSPS) is 10.5. The van der Waals surface area contributed by atoms with Crippen LogP contribution in [0.4, 0.5) is 5.69 Å². The highest BCUT2D eigenvalue weighted by Crippen LogP contribution is 2.23. The van der Waals surface area contributed by atoms with Gasteiger partial charge in [0.05, 0.1) is 5.69 Å². The summed E-state index contributed by atoms with van der Waals surface area (Å²) < 4.78 is 7.37. The van der Waals surface area contributed by atoms with E-state index in [0.29, 0.717) is 11.4 Å². The minimum Gasteiger partial charge on any atom is -0.457 e. The van der Waals surface area contributed by atoms with Crippen LogP contribution in [0.3, 0.4) is 0 Å². The Morgan fingerprint density at radius 2 is 1.79 bits per heavy atom. The Kier molecular flexibility index (Phi) is 4.33. The molecule has 0 bridgehead atoms. The summed E-state index contributed by atoms with van der Waals surface area (Å²) in [5.41, 5.74) is 3.18. The zero-order chi connectivity index (χ0) is 17.1. The van der Waals surface area contributed by atoms with Gasteiger partial charge in [0.1, 0.15) is 17.2 Å². The smallest absolute Gasteiger partial charge is 0.273 e. The van der Waals surface area contributed by atoms with Crippen LogP contribution in [0.5, 0.6) is 11.5 Å². The van der Waals surface area contributed by atoms with Crippen LogP contribution in [0.15, 0.2) is 54.6 Å². The highest BCUT2D eigenvalue weighted by atomic mass is 16.5. The zero-order valence-corrected chi connectivity index (χ0v) is 13.9. The van der Waals surface area contributed by atoms with Crippen molar-refractivity contribution in [1.29, 1.82) is 0 Å². The quantitative estimate of drug-likeness (QED) is 0.787. The molecule has 0 radical (unpaired) electrons. The molecule has 1 N–H and O–H groups in total. The first-order valence-corrected chi connectivity index (χ1v) is 7.68. The van der Waals surface area contributed by atoms with Crippen molar-refractivity contribution < 1.29 is 9.53 Å². The molecule has 0 aliphatic rings. The number of nitrogens with one attached hydrogen (secondary N) is 1. The van der Waals surface area contributed by atoms with Gasteiger partial charge in [0.15, 0.2) is 0 Å². The van der Waals surface area contributed by atoms with E-state index in [9.17, 15) is 4.79 Å². The topological polar surface area (TPSA) is 56.1 Å². The molecule has 0 aliphatic heterocycles. The van der Waals surface area contributed by atoms with Crippen LogP contribution in [0.2, 0.25) is 0 Å². The van der Waals surface area contributed by atoms with E-state index in [1.165, 1.54) is 0 Å². The predicted octanol–water partition coefficient (Wildman–Crippen LogP) is 4.08. The number of aromatic nitrogens is 2. The Labute approximate surface area is 140 Å². The lowest BCUT2D eigenvalue weighted by Crippen LogP contribution is -2.15. The van der Waals surface area contributed by atoms with E-state index < -0.39 is 0 Å². The van der Waals surface area contributed by atoms with Crippen molar-refractivity contribution in [3.63, 3.8) is 0 Å². The van der Waals surface area contributed by atoms with Crippen LogP contribution >= 0.6 is 0 Å². The Balaban J connectivity index is 1.68. The van der Waals surface area contributed by atoms with Gasteiger partial charge in [-0.05, 0) is 61.9 Å². The lowest BCUT2D eigenvalue weighted by atomic mass is 10.2. The van der Waals surface area contributed by atoms with E-state index in [0.717, 1.165) is 22.8 Å². The number of nitrogens with zero attached hydrogens (tertiary/aromatic N) is 2. The largest absolute Gasteiger partial charge is 0.457 e. The summed E-state index contributed by atoms with van der Waals surface area (Å²) in [6, 6.07) is 16.9. The number of aryl methyl sites for hydroxylation is 3. The molecule has 0 atom stereocenters. The predicted molar refractivity (Wildman–Crippen MR) is 93.6 cm³/mol. The highest BCUT2D eigenvalue weighted by Gasteiger charge is 2.12. The molecule has 0 spiro atoms. The molecule has 0 aliphatic carbocycles. The maximum atomic E-state index is 12.3. The summed E-state index contributed by atoms with van der Waals surface area (Å²) in [5, 5.41) is 7.03. The molecule has 5 heteroatoms. The Bertz CT molecular complexity index is 867. The van der Waals surface area contributed by atoms with Crippen molar-refractivity contribution >= 4 is 11.6 Å². The summed E-state index contributed by atoms with van der Waals surface area (Å²) >= 11 is 0. The fourth-order valence-corrected chi connectivity index (χ4v) is 2.44. The number of hydrogen-bond acceptors (Lipinski definition) is 3. The van der Waals surface area contributed by atoms with Gasteiger partial charge in [0.25, 0.3) is 5.91 Å². The average molecular weight is 321 g/mol. The Morgan fingerprint density at radius 1 is 1.04 bits per heavy atom. The van der Waals surface area contributed by atoms with Crippen LogP contribution in [0, 0.1) is 13.8 Å². The third-order valence-electron chi connectivity index (χ3n) is 3.57. The number of benzene rings is 2. The van der Waals surface area contributed by atoms with Gasteiger partial charge in [-0.3, -0.25) is 9.48 Å². The molecule has 2 aromatic carbocycles. The first-order chi connectivity index (χ1) is 11.5. The number of rotatable bonds is 4. The monoisotopic (exact) mass is 321 g/mol. The summed E-state index contributed by atoms with van der Waals surface area (Å²) in [6.07, 6.45) is 0. The Morgan fingerprint density at radius 3 is 2.42 bits per heavy atom. The van der Waals surface area contributed by atoms with E-state index in [-0.39, 0.29) is 5.91 Å². The van der Waals surface area contributed by atoms with Gasteiger partial charge in [-0.2, -0.15) is 5.10 Å². The summed E-state index contributed by atoms with van der Waals surface area (Å²) in [7, 11) is 1.75. The zero-order valence-electron chi connectivity index (χ0n) is 13.9. The van der Waals surface area contributed by atoms with E-state index in [2.05, 4.69) is 10.4 Å². The first kappa shape index (κ1) is 15.8. The van der Waals surface area contributed by atoms with Crippen molar-refractivity contribution in [2.24, 2.45) is 7.05 Å². The summed E-state index contributed by atoms with van der Waals surface area (Å²) in [6.45, 7) is 3.87. The average Bonchev–Trinajstić information content (AvgIpc) is 2.88. The second-order valence-corrected chi connectivity index (χ2v) is 5.69. The van der Waals surface area contributed by atoms with Gasteiger partial charge >= 0.3 is 0 Å². The number of amides is 1. The van der Waals surface area contributed by atoms with Crippen LogP contribution < -0.4 is 10.1 Å². The second-order valence-electron chi connectivity index (χ2n) is 5.69. The maximum absolute atomic E-state index is 12.3. The molecule has 0 fully saturated rings. The molecular weight excluding hydrogens is 302 g/mol. The van der Waals surface area contributed by atoms with E-state index in [4.69, 9.17) is 4.74 Å². The van der Waals surface area contributed by atoms with Gasteiger partial charge in [0, 0.05) is 12.7 Å². The molecule has 1 aromatic heterocycles. The minimum absolute atomic E-state index is 0.189. The summed E-state index contributed by atoms with van der Waals surface area (Å²) in [5.74, 6) is 1.32. The van der Waals surface area contributed by atoms with Crippen molar-refractivity contribution in [1.82, 2.24) is 9.78 Å². The molecule has 5 nitrogen and oxygen atoms in total. The fraction of sp³-hybridized carbons (Fsp3) is 0.158. The SMILES string of the molecule is Cc1cccc(Oc2ccc(NC(=O)c3cc(C)nn3C)cc2)c1. The lowest BCUT2D eigenvalue weighted by molar-refractivity contribution is 0.101. The van der Waals surface area contributed by atoms with Gasteiger partial charge < -0.3 is 10.1 Å². The summed E-state index contributed by atoms with van der Waals surface area (Å²) in [4.78, 5) is 12.3. The van der Waals surface area contributed by atoms with E-state index in [1.807, 2.05) is 62.4 Å². The first-order valence-electron chi connectivity index (χ1n) is 7.68. The molecule has 3 aromatic rings. The number of carbonyl (C=O) groups excluding carboxylic acids is 1. The molecule has 1 amide bonds. The molecule has 122 valence electrons. The van der Waals surface area contributed by atoms with Gasteiger partial charge in [-0.1, -0.05) is 12.1 Å². The van der Waals surface area contributed by atoms with Crippen molar-refractivity contribution in [3.8, 4) is 11.5 Å². The van der Waals surface area contributed by atoms with Crippen molar-refractivity contribution in [3.05, 3.63) is 71.5 Å². The van der Waals surface area contributed by atoms with Crippen LogP contribution in [0.25, 0.3) is 0 Å².